The van der Waals surface area contributed by atoms with E-state index < -0.39 is 35.0 Å². The van der Waals surface area contributed by atoms with Crippen LogP contribution in [-0.4, -0.2) is 27.9 Å². The number of urea groups is 1. The molecule has 9 heteroatoms. The average molecular weight is 466 g/mol. The number of carbonyl (C=O) groups excluding carboxylic acids is 2. The van der Waals surface area contributed by atoms with Gasteiger partial charge in [-0.3, -0.25) is 10.1 Å². The Balaban J connectivity index is 1.78. The number of aromatic nitrogens is 2. The van der Waals surface area contributed by atoms with E-state index in [9.17, 15) is 18.4 Å². The third kappa shape index (κ3) is 4.33. The number of hydrogen-bond acceptors (Lipinski definition) is 5. The number of amides is 3. The smallest absolute Gasteiger partial charge is 0.321 e. The van der Waals surface area contributed by atoms with Gasteiger partial charge in [-0.05, 0) is 38.1 Å². The molecule has 4 rings (SSSR count). The molecule has 3 amide bonds. The fraction of sp³-hybridized carbons (Fsp3) is 0.280. The van der Waals surface area contributed by atoms with Crippen molar-refractivity contribution in [3.8, 4) is 22.9 Å². The number of rotatable bonds is 4. The summed E-state index contributed by atoms with van der Waals surface area (Å²) >= 11 is 0. The summed E-state index contributed by atoms with van der Waals surface area (Å²) in [7, 11) is 0. The number of imide groups is 1. The summed E-state index contributed by atoms with van der Waals surface area (Å²) in [4.78, 5) is 33.6. The van der Waals surface area contributed by atoms with Crippen molar-refractivity contribution in [1.82, 2.24) is 20.6 Å². The van der Waals surface area contributed by atoms with Gasteiger partial charge >= 0.3 is 6.03 Å². The van der Waals surface area contributed by atoms with E-state index in [2.05, 4.69) is 20.6 Å². The van der Waals surface area contributed by atoms with Crippen LogP contribution in [0.25, 0.3) is 11.3 Å². The molecule has 176 valence electrons. The number of halogens is 2. The van der Waals surface area contributed by atoms with Crippen LogP contribution >= 0.6 is 0 Å². The lowest BCUT2D eigenvalue weighted by Gasteiger charge is -2.37. The van der Waals surface area contributed by atoms with E-state index in [1.807, 2.05) is 0 Å². The summed E-state index contributed by atoms with van der Waals surface area (Å²) in [5.74, 6) is -2.33. The van der Waals surface area contributed by atoms with Crippen LogP contribution in [-0.2, 0) is 4.79 Å². The molecule has 0 saturated heterocycles. The van der Waals surface area contributed by atoms with Crippen LogP contribution in [0.15, 0.2) is 48.7 Å². The number of para-hydroxylation sites is 1. The van der Waals surface area contributed by atoms with Gasteiger partial charge in [0, 0.05) is 34.8 Å². The lowest BCUT2D eigenvalue weighted by Crippen LogP contribution is -2.49. The Morgan fingerprint density at radius 3 is 2.50 bits per heavy atom. The summed E-state index contributed by atoms with van der Waals surface area (Å²) in [6.07, 6.45) is 1.34. The zero-order valence-electron chi connectivity index (χ0n) is 19.1. The molecule has 1 unspecified atom stereocenters. The lowest BCUT2D eigenvalue weighted by molar-refractivity contribution is -0.128. The number of nitrogens with zero attached hydrogens (tertiary/aromatic N) is 2. The maximum absolute atomic E-state index is 14.8. The predicted molar refractivity (Wildman–Crippen MR) is 121 cm³/mol. The van der Waals surface area contributed by atoms with E-state index in [4.69, 9.17) is 4.74 Å². The predicted octanol–water partition coefficient (Wildman–Crippen LogP) is 4.92. The largest absolute Gasteiger partial charge is 0.435 e. The van der Waals surface area contributed by atoms with Crippen LogP contribution in [0.1, 0.15) is 44.7 Å². The van der Waals surface area contributed by atoms with Crippen LogP contribution < -0.4 is 15.4 Å². The van der Waals surface area contributed by atoms with Crippen molar-refractivity contribution in [3.05, 3.63) is 71.6 Å². The van der Waals surface area contributed by atoms with E-state index in [0.29, 0.717) is 22.4 Å². The second kappa shape index (κ2) is 8.81. The molecule has 0 fully saturated rings. The molecule has 2 N–H and O–H groups in total. The van der Waals surface area contributed by atoms with E-state index in [1.165, 1.54) is 24.4 Å². The summed E-state index contributed by atoms with van der Waals surface area (Å²) in [6.45, 7) is 6.92. The van der Waals surface area contributed by atoms with Crippen LogP contribution in [0.3, 0.4) is 0 Å². The Morgan fingerprint density at radius 2 is 1.82 bits per heavy atom. The molecule has 0 spiro atoms. The molecule has 3 aromatic rings. The van der Waals surface area contributed by atoms with E-state index in [0.717, 1.165) is 0 Å². The highest BCUT2D eigenvalue weighted by Crippen LogP contribution is 2.52. The Kier molecular flexibility index (Phi) is 6.03. The highest BCUT2D eigenvalue weighted by atomic mass is 19.1. The monoisotopic (exact) mass is 466 g/mol. The quantitative estimate of drug-likeness (QED) is 0.533. The van der Waals surface area contributed by atoms with Gasteiger partial charge in [-0.1, -0.05) is 32.0 Å². The molecule has 2 aromatic heterocycles. The normalized spacial score (nSPS) is 14.6. The fourth-order valence-corrected chi connectivity index (χ4v) is 4.04. The molecule has 1 atom stereocenters. The minimum Gasteiger partial charge on any atom is -0.435 e. The number of fused-ring (bicyclic) bond motifs is 2. The highest BCUT2D eigenvalue weighted by Gasteiger charge is 2.45. The molecule has 0 saturated carbocycles. The van der Waals surface area contributed by atoms with E-state index in [-0.39, 0.29) is 17.7 Å². The molecular formula is C25H24F2N4O3. The number of nitrogens with one attached hydrogen (secondary N) is 2. The van der Waals surface area contributed by atoms with Crippen LogP contribution in [0.2, 0.25) is 0 Å². The summed E-state index contributed by atoms with van der Waals surface area (Å²) in [5, 5.41) is 5.01. The second-order valence-corrected chi connectivity index (χ2v) is 8.96. The first-order valence-electron chi connectivity index (χ1n) is 10.8. The minimum absolute atomic E-state index is 0.0330. The molecule has 1 aliphatic rings. The van der Waals surface area contributed by atoms with Gasteiger partial charge in [0.1, 0.15) is 0 Å². The first-order chi connectivity index (χ1) is 16.1. The number of pyridine rings is 2. The third-order valence-electron chi connectivity index (χ3n) is 5.68. The van der Waals surface area contributed by atoms with Gasteiger partial charge in [-0.2, -0.15) is 4.39 Å². The van der Waals surface area contributed by atoms with Gasteiger partial charge in [-0.25, -0.2) is 19.2 Å². The van der Waals surface area contributed by atoms with Crippen molar-refractivity contribution in [2.75, 3.05) is 0 Å². The zero-order chi connectivity index (χ0) is 24.6. The first kappa shape index (κ1) is 23.3. The van der Waals surface area contributed by atoms with Crippen molar-refractivity contribution < 1.29 is 23.1 Å². The molecule has 3 heterocycles. The lowest BCUT2D eigenvalue weighted by atomic mass is 9.69. The number of ether oxygens (including phenoxy) is 1. The zero-order valence-corrected chi connectivity index (χ0v) is 19.1. The minimum atomic E-state index is -1.18. The van der Waals surface area contributed by atoms with Gasteiger partial charge in [0.2, 0.25) is 17.7 Å². The van der Waals surface area contributed by atoms with Gasteiger partial charge in [-0.15, -0.1) is 0 Å². The molecule has 0 radical (unpaired) electrons. The Bertz CT molecular complexity index is 1260. The first-order valence-corrected chi connectivity index (χ1v) is 10.8. The van der Waals surface area contributed by atoms with Gasteiger partial charge in [0.25, 0.3) is 0 Å². The topological polar surface area (TPSA) is 93.2 Å². The maximum Gasteiger partial charge on any atom is 0.321 e. The van der Waals surface area contributed by atoms with Crippen molar-refractivity contribution in [2.24, 2.45) is 5.41 Å². The van der Waals surface area contributed by atoms with Crippen molar-refractivity contribution in [1.29, 1.82) is 0 Å². The molecule has 0 bridgehead atoms. The van der Waals surface area contributed by atoms with E-state index in [1.54, 1.807) is 52.0 Å². The number of carbonyl (C=O) groups is 2. The highest BCUT2D eigenvalue weighted by molar-refractivity contribution is 5.98. The van der Waals surface area contributed by atoms with E-state index >= 15 is 0 Å². The third-order valence-corrected chi connectivity index (χ3v) is 5.68. The van der Waals surface area contributed by atoms with Crippen molar-refractivity contribution >= 4 is 11.9 Å². The Morgan fingerprint density at radius 1 is 1.06 bits per heavy atom. The van der Waals surface area contributed by atoms with Gasteiger partial charge in [0.15, 0.2) is 11.6 Å². The molecular weight excluding hydrogens is 442 g/mol. The summed E-state index contributed by atoms with van der Waals surface area (Å²) in [5.41, 5.74) is 0.835. The molecule has 34 heavy (non-hydrogen) atoms. The molecule has 1 aliphatic heterocycles. The van der Waals surface area contributed by atoms with Crippen LogP contribution in [0.5, 0.6) is 11.6 Å². The van der Waals surface area contributed by atoms with Crippen molar-refractivity contribution in [3.63, 3.8) is 0 Å². The maximum atomic E-state index is 14.8. The second-order valence-electron chi connectivity index (χ2n) is 8.96. The fourth-order valence-electron chi connectivity index (χ4n) is 4.04. The average Bonchev–Trinajstić information content (AvgIpc) is 2.77. The number of hydrogen-bond donors (Lipinski definition) is 2. The number of benzene rings is 1. The van der Waals surface area contributed by atoms with Crippen LogP contribution in [0.4, 0.5) is 13.6 Å². The molecule has 0 aliphatic carbocycles. The molecule has 7 nitrogen and oxygen atoms in total. The summed E-state index contributed by atoms with van der Waals surface area (Å²) in [6, 6.07) is 9.90. The standard InChI is InChI=1S/C25H24F2N4O3/c1-13(2)29-24(33)31-23(32)25(3,4)20-15-6-5-7-17(26)21(15)34-22-16(20)9-10-18(30-22)14-8-11-19(27)28-12-14/h5-13,20H,1-4H3,(H2,29,31,32,33). The molecule has 1 aromatic carbocycles. The van der Waals surface area contributed by atoms with Crippen LogP contribution in [0, 0.1) is 17.2 Å². The van der Waals surface area contributed by atoms with Gasteiger partial charge < -0.3 is 10.1 Å². The Hall–Kier alpha value is -3.88. The Labute approximate surface area is 195 Å². The van der Waals surface area contributed by atoms with Gasteiger partial charge in [0.05, 0.1) is 11.1 Å². The SMILES string of the molecule is CC(C)NC(=O)NC(=O)C(C)(C)C1c2ccc(-c3ccc(F)nc3)nc2Oc2c(F)cccc21. The van der Waals surface area contributed by atoms with Crippen molar-refractivity contribution in [2.45, 2.75) is 39.7 Å². The summed E-state index contributed by atoms with van der Waals surface area (Å²) < 4.78 is 33.9.